The molecule has 0 bridgehead atoms. The SMILES string of the molecule is C=CC(=O)N(c1nc(C(C)=O)co1)C(C)C. The van der Waals surface area contributed by atoms with E-state index in [0.29, 0.717) is 0 Å². The Labute approximate surface area is 93.8 Å². The molecule has 0 aliphatic carbocycles. The Morgan fingerprint density at radius 1 is 1.56 bits per heavy atom. The van der Waals surface area contributed by atoms with Crippen molar-refractivity contribution in [2.75, 3.05) is 4.90 Å². The zero-order chi connectivity index (χ0) is 12.3. The van der Waals surface area contributed by atoms with Crippen LogP contribution in [0.15, 0.2) is 23.3 Å². The van der Waals surface area contributed by atoms with Crippen molar-refractivity contribution < 1.29 is 14.0 Å². The number of nitrogens with zero attached hydrogens (tertiary/aromatic N) is 2. The number of carbonyl (C=O) groups is 2. The van der Waals surface area contributed by atoms with Crippen molar-refractivity contribution in [1.29, 1.82) is 0 Å². The quantitative estimate of drug-likeness (QED) is 0.575. The molecule has 16 heavy (non-hydrogen) atoms. The van der Waals surface area contributed by atoms with E-state index in [9.17, 15) is 9.59 Å². The van der Waals surface area contributed by atoms with Crippen molar-refractivity contribution in [2.45, 2.75) is 26.8 Å². The molecule has 0 atom stereocenters. The third-order valence-electron chi connectivity index (χ3n) is 1.99. The van der Waals surface area contributed by atoms with Crippen molar-refractivity contribution >= 4 is 17.7 Å². The van der Waals surface area contributed by atoms with Gasteiger partial charge in [0.1, 0.15) is 12.0 Å². The highest BCUT2D eigenvalue weighted by molar-refractivity contribution is 6.00. The summed E-state index contributed by atoms with van der Waals surface area (Å²) in [5.74, 6) is -0.517. The van der Waals surface area contributed by atoms with Crippen LogP contribution in [0.1, 0.15) is 31.3 Å². The summed E-state index contributed by atoms with van der Waals surface area (Å²) in [5.41, 5.74) is 0.206. The number of anilines is 1. The second kappa shape index (κ2) is 4.74. The predicted molar refractivity (Wildman–Crippen MR) is 59.3 cm³/mol. The molecule has 1 aromatic heterocycles. The third-order valence-corrected chi connectivity index (χ3v) is 1.99. The van der Waals surface area contributed by atoms with Crippen LogP contribution in [-0.2, 0) is 4.79 Å². The Morgan fingerprint density at radius 2 is 2.19 bits per heavy atom. The van der Waals surface area contributed by atoms with E-state index in [4.69, 9.17) is 4.42 Å². The molecular weight excluding hydrogens is 208 g/mol. The maximum Gasteiger partial charge on any atom is 0.305 e. The molecule has 1 rings (SSSR count). The van der Waals surface area contributed by atoms with Crippen LogP contribution < -0.4 is 4.90 Å². The highest BCUT2D eigenvalue weighted by Gasteiger charge is 2.22. The lowest BCUT2D eigenvalue weighted by molar-refractivity contribution is -0.114. The van der Waals surface area contributed by atoms with Gasteiger partial charge in [-0.05, 0) is 19.9 Å². The molecule has 86 valence electrons. The fourth-order valence-corrected chi connectivity index (χ4v) is 1.20. The first-order chi connectivity index (χ1) is 7.47. The van der Waals surface area contributed by atoms with Crippen molar-refractivity contribution in [3.8, 4) is 0 Å². The van der Waals surface area contributed by atoms with E-state index in [1.54, 1.807) is 0 Å². The summed E-state index contributed by atoms with van der Waals surface area (Å²) in [6.45, 7) is 8.43. The molecule has 0 saturated heterocycles. The largest absolute Gasteiger partial charge is 0.431 e. The Morgan fingerprint density at radius 3 is 2.56 bits per heavy atom. The van der Waals surface area contributed by atoms with Gasteiger partial charge in [0.25, 0.3) is 5.91 Å². The van der Waals surface area contributed by atoms with Gasteiger partial charge in [0.2, 0.25) is 0 Å². The number of amides is 1. The number of hydrogen-bond donors (Lipinski definition) is 0. The molecule has 0 N–H and O–H groups in total. The number of oxazole rings is 1. The van der Waals surface area contributed by atoms with E-state index in [2.05, 4.69) is 11.6 Å². The molecule has 5 nitrogen and oxygen atoms in total. The van der Waals surface area contributed by atoms with Crippen LogP contribution in [0.3, 0.4) is 0 Å². The van der Waals surface area contributed by atoms with Gasteiger partial charge >= 0.3 is 6.01 Å². The third kappa shape index (κ3) is 2.36. The van der Waals surface area contributed by atoms with Crippen molar-refractivity contribution in [2.24, 2.45) is 0 Å². The summed E-state index contributed by atoms with van der Waals surface area (Å²) in [6, 6.07) is -0.00550. The first kappa shape index (κ1) is 12.2. The van der Waals surface area contributed by atoms with Crippen molar-refractivity contribution in [3.05, 3.63) is 24.6 Å². The Balaban J connectivity index is 3.06. The first-order valence-corrected chi connectivity index (χ1v) is 4.89. The lowest BCUT2D eigenvalue weighted by atomic mass is 10.3. The van der Waals surface area contributed by atoms with E-state index in [1.807, 2.05) is 13.8 Å². The molecule has 0 aliphatic rings. The molecule has 0 saturated carbocycles. The molecule has 0 spiro atoms. The van der Waals surface area contributed by atoms with Crippen LogP contribution in [0.25, 0.3) is 0 Å². The molecule has 1 heterocycles. The summed E-state index contributed by atoms with van der Waals surface area (Å²) in [7, 11) is 0. The Hall–Kier alpha value is -1.91. The second-order valence-corrected chi connectivity index (χ2v) is 3.58. The van der Waals surface area contributed by atoms with Crippen LogP contribution in [0.2, 0.25) is 0 Å². The molecule has 0 fully saturated rings. The molecule has 0 radical (unpaired) electrons. The van der Waals surface area contributed by atoms with Gasteiger partial charge in [-0.3, -0.25) is 14.5 Å². The molecule has 0 aromatic carbocycles. The average Bonchev–Trinajstić information content (AvgIpc) is 2.66. The van der Waals surface area contributed by atoms with Crippen LogP contribution >= 0.6 is 0 Å². The first-order valence-electron chi connectivity index (χ1n) is 4.89. The average molecular weight is 222 g/mol. The summed E-state index contributed by atoms with van der Waals surface area (Å²) < 4.78 is 5.10. The number of hydrogen-bond acceptors (Lipinski definition) is 4. The standard InChI is InChI=1S/C11H14N2O3/c1-5-10(15)13(7(2)3)11-12-9(6-16-11)8(4)14/h5-7H,1H2,2-4H3. The number of carbonyl (C=O) groups excluding carboxylic acids is 2. The maximum atomic E-state index is 11.6. The summed E-state index contributed by atoms with van der Waals surface area (Å²) in [5, 5.41) is 0. The molecule has 0 aliphatic heterocycles. The fraction of sp³-hybridized carbons (Fsp3) is 0.364. The highest BCUT2D eigenvalue weighted by atomic mass is 16.4. The summed E-state index contributed by atoms with van der Waals surface area (Å²) >= 11 is 0. The van der Waals surface area contributed by atoms with Gasteiger partial charge in [0.15, 0.2) is 5.78 Å². The van der Waals surface area contributed by atoms with Crippen molar-refractivity contribution in [1.82, 2.24) is 4.98 Å². The predicted octanol–water partition coefficient (Wildman–Crippen LogP) is 1.80. The van der Waals surface area contributed by atoms with Gasteiger partial charge in [0, 0.05) is 13.0 Å². The van der Waals surface area contributed by atoms with Gasteiger partial charge in [-0.25, -0.2) is 0 Å². The highest BCUT2D eigenvalue weighted by Crippen LogP contribution is 2.17. The number of rotatable bonds is 4. The smallest absolute Gasteiger partial charge is 0.305 e. The monoisotopic (exact) mass is 222 g/mol. The van der Waals surface area contributed by atoms with Gasteiger partial charge in [-0.2, -0.15) is 4.98 Å². The molecule has 5 heteroatoms. The Kier molecular flexibility index (Phi) is 3.60. The fourth-order valence-electron chi connectivity index (χ4n) is 1.20. The summed E-state index contributed by atoms with van der Waals surface area (Å²) in [4.78, 5) is 27.9. The summed E-state index contributed by atoms with van der Waals surface area (Å²) in [6.07, 6.45) is 2.42. The maximum absolute atomic E-state index is 11.6. The normalized spacial score (nSPS) is 10.2. The molecule has 1 aromatic rings. The van der Waals surface area contributed by atoms with Gasteiger partial charge in [-0.15, -0.1) is 0 Å². The Bertz CT molecular complexity index is 421. The lowest BCUT2D eigenvalue weighted by Gasteiger charge is -2.20. The minimum absolute atomic E-state index is 0.116. The van der Waals surface area contributed by atoms with Crippen molar-refractivity contribution in [3.63, 3.8) is 0 Å². The van der Waals surface area contributed by atoms with Gasteiger partial charge in [0.05, 0.1) is 0 Å². The van der Waals surface area contributed by atoms with E-state index < -0.39 is 0 Å². The number of aromatic nitrogens is 1. The van der Waals surface area contributed by atoms with E-state index in [1.165, 1.54) is 24.2 Å². The molecular formula is C11H14N2O3. The lowest BCUT2D eigenvalue weighted by Crippen LogP contribution is -2.35. The number of Topliss-reactive ketones (excluding diaryl/α,β-unsaturated/α-hetero) is 1. The van der Waals surface area contributed by atoms with E-state index >= 15 is 0 Å². The number of ketones is 1. The minimum atomic E-state index is -0.313. The van der Waals surface area contributed by atoms with Crippen LogP contribution in [0, 0.1) is 0 Å². The van der Waals surface area contributed by atoms with E-state index in [-0.39, 0.29) is 29.4 Å². The second-order valence-electron chi connectivity index (χ2n) is 3.58. The van der Waals surface area contributed by atoms with Gasteiger partial charge in [-0.1, -0.05) is 6.58 Å². The topological polar surface area (TPSA) is 63.4 Å². The van der Waals surface area contributed by atoms with Crippen LogP contribution in [0.4, 0.5) is 6.01 Å². The van der Waals surface area contributed by atoms with Crippen LogP contribution in [0.5, 0.6) is 0 Å². The van der Waals surface area contributed by atoms with Crippen LogP contribution in [-0.4, -0.2) is 22.7 Å². The van der Waals surface area contributed by atoms with E-state index in [0.717, 1.165) is 0 Å². The van der Waals surface area contributed by atoms with Gasteiger partial charge < -0.3 is 4.42 Å². The molecule has 0 unspecified atom stereocenters. The zero-order valence-corrected chi connectivity index (χ0v) is 9.56. The molecule has 1 amide bonds. The minimum Gasteiger partial charge on any atom is -0.431 e. The zero-order valence-electron chi connectivity index (χ0n) is 9.56.